The Balaban J connectivity index is 1.57. The monoisotopic (exact) mass is 443 g/mol. The Hall–Kier alpha value is -3.11. The van der Waals surface area contributed by atoms with Crippen molar-refractivity contribution in [3.05, 3.63) is 54.0 Å². The summed E-state index contributed by atoms with van der Waals surface area (Å²) in [5.74, 6) is 2.07. The lowest BCUT2D eigenvalue weighted by molar-refractivity contribution is -0.118. The highest BCUT2D eigenvalue weighted by Crippen LogP contribution is 2.23. The third-order valence-corrected chi connectivity index (χ3v) is 5.24. The van der Waals surface area contributed by atoms with Gasteiger partial charge in [-0.15, -0.1) is 10.2 Å². The molecule has 2 aromatic heterocycles. The van der Waals surface area contributed by atoms with Gasteiger partial charge >= 0.3 is 0 Å². The Bertz CT molecular complexity index is 994. The molecule has 1 N–H and O–H groups in total. The number of nitrogens with zero attached hydrogens (tertiary/aromatic N) is 4. The van der Waals surface area contributed by atoms with E-state index in [-0.39, 0.29) is 11.7 Å². The molecule has 164 valence electrons. The number of ether oxygens (including phenoxy) is 3. The predicted octanol–water partition coefficient (Wildman–Crippen LogP) is 2.41. The van der Waals surface area contributed by atoms with Gasteiger partial charge < -0.3 is 19.5 Å². The van der Waals surface area contributed by atoms with E-state index in [4.69, 9.17) is 14.2 Å². The smallest absolute Gasteiger partial charge is 0.230 e. The first-order chi connectivity index (χ1) is 15.1. The number of methoxy groups -OCH3 is 2. The average Bonchev–Trinajstić information content (AvgIpc) is 3.17. The second-order valence-electron chi connectivity index (χ2n) is 6.44. The number of aromatic nitrogens is 4. The van der Waals surface area contributed by atoms with Crippen molar-refractivity contribution < 1.29 is 19.0 Å². The zero-order valence-electron chi connectivity index (χ0n) is 17.7. The van der Waals surface area contributed by atoms with Gasteiger partial charge in [-0.3, -0.25) is 9.36 Å². The summed E-state index contributed by atoms with van der Waals surface area (Å²) in [6, 6.07) is 11.3. The van der Waals surface area contributed by atoms with Crippen LogP contribution >= 0.6 is 11.8 Å². The minimum atomic E-state index is -0.126. The van der Waals surface area contributed by atoms with Gasteiger partial charge in [0.1, 0.15) is 18.2 Å². The first-order valence-corrected chi connectivity index (χ1v) is 10.6. The molecular weight excluding hydrogens is 418 g/mol. The summed E-state index contributed by atoms with van der Waals surface area (Å²) < 4.78 is 17.7. The van der Waals surface area contributed by atoms with Crippen LogP contribution in [0.3, 0.4) is 0 Å². The third kappa shape index (κ3) is 6.19. The Morgan fingerprint density at radius 3 is 2.68 bits per heavy atom. The highest BCUT2D eigenvalue weighted by molar-refractivity contribution is 7.99. The minimum absolute atomic E-state index is 0.126. The van der Waals surface area contributed by atoms with Crippen molar-refractivity contribution in [1.82, 2.24) is 25.1 Å². The summed E-state index contributed by atoms with van der Waals surface area (Å²) in [4.78, 5) is 16.6. The number of aryl methyl sites for hydroxylation is 1. The maximum atomic E-state index is 12.4. The lowest BCUT2D eigenvalue weighted by Gasteiger charge is -2.11. The number of nitrogens with one attached hydrogen (secondary N) is 1. The van der Waals surface area contributed by atoms with Crippen LogP contribution in [0.5, 0.6) is 11.6 Å². The van der Waals surface area contributed by atoms with Gasteiger partial charge in [0.2, 0.25) is 11.8 Å². The zero-order valence-corrected chi connectivity index (χ0v) is 18.5. The van der Waals surface area contributed by atoms with Gasteiger partial charge in [0.15, 0.2) is 5.16 Å². The molecule has 3 rings (SSSR count). The molecule has 0 spiro atoms. The number of hydrogen-bond acceptors (Lipinski definition) is 8. The van der Waals surface area contributed by atoms with Gasteiger partial charge in [-0.1, -0.05) is 17.8 Å². The average molecular weight is 444 g/mol. The van der Waals surface area contributed by atoms with E-state index in [0.29, 0.717) is 30.8 Å². The fourth-order valence-corrected chi connectivity index (χ4v) is 3.58. The van der Waals surface area contributed by atoms with E-state index in [1.54, 1.807) is 26.5 Å². The van der Waals surface area contributed by atoms with Crippen LogP contribution in [0.2, 0.25) is 0 Å². The number of thioether (sulfide) groups is 1. The molecule has 0 atom stereocenters. The summed E-state index contributed by atoms with van der Waals surface area (Å²) in [5.41, 5.74) is 1.70. The molecule has 3 aromatic rings. The molecule has 0 aliphatic rings. The first-order valence-electron chi connectivity index (χ1n) is 9.64. The van der Waals surface area contributed by atoms with E-state index in [9.17, 15) is 4.79 Å². The van der Waals surface area contributed by atoms with E-state index in [2.05, 4.69) is 20.5 Å². The van der Waals surface area contributed by atoms with Gasteiger partial charge in [0.25, 0.3) is 0 Å². The third-order valence-electron chi connectivity index (χ3n) is 4.31. The first kappa shape index (κ1) is 22.6. The molecule has 9 nitrogen and oxygen atoms in total. The lowest BCUT2D eigenvalue weighted by Crippen LogP contribution is -2.25. The fraction of sp³-hybridized carbons (Fsp3) is 0.333. The quantitative estimate of drug-likeness (QED) is 0.356. The number of amides is 1. The van der Waals surface area contributed by atoms with Gasteiger partial charge in [-0.05, 0) is 37.3 Å². The normalized spacial score (nSPS) is 10.7. The zero-order chi connectivity index (χ0) is 22.1. The number of benzene rings is 1. The molecule has 0 saturated heterocycles. The molecule has 0 fully saturated rings. The van der Waals surface area contributed by atoms with Gasteiger partial charge in [-0.25, -0.2) is 4.98 Å². The van der Waals surface area contributed by atoms with Crippen LogP contribution in [0.15, 0.2) is 47.8 Å². The van der Waals surface area contributed by atoms with Crippen LogP contribution < -0.4 is 14.8 Å². The summed E-state index contributed by atoms with van der Waals surface area (Å²) in [7, 11) is 3.23. The number of rotatable bonds is 11. The topological polar surface area (TPSA) is 100 Å². The summed E-state index contributed by atoms with van der Waals surface area (Å²) in [5, 5.41) is 11.9. The lowest BCUT2D eigenvalue weighted by atomic mass is 10.2. The van der Waals surface area contributed by atoms with Crippen molar-refractivity contribution in [3.8, 4) is 17.3 Å². The highest BCUT2D eigenvalue weighted by Gasteiger charge is 2.14. The van der Waals surface area contributed by atoms with Crippen LogP contribution in [0.25, 0.3) is 5.69 Å². The van der Waals surface area contributed by atoms with Crippen LogP contribution in [-0.4, -0.2) is 58.8 Å². The summed E-state index contributed by atoms with van der Waals surface area (Å²) in [6.07, 6.45) is 1.65. The fourth-order valence-electron chi connectivity index (χ4n) is 2.75. The molecular formula is C21H25N5O4S. The summed E-state index contributed by atoms with van der Waals surface area (Å²) in [6.45, 7) is 3.05. The van der Waals surface area contributed by atoms with E-state index < -0.39 is 0 Å². The van der Waals surface area contributed by atoms with Crippen molar-refractivity contribution in [2.45, 2.75) is 18.6 Å². The predicted molar refractivity (Wildman–Crippen MR) is 117 cm³/mol. The standard InChI is InChI=1S/C21H25N5O4S/c1-15-24-25-21(26(15)17-6-8-18(29-3)9-7-17)31-14-19(27)23-13-16-5-4-10-22-20(16)30-12-11-28-2/h4-10H,11-14H2,1-3H3,(H,23,27). The molecule has 0 bridgehead atoms. The van der Waals surface area contributed by atoms with Crippen molar-refractivity contribution in [1.29, 1.82) is 0 Å². The SMILES string of the molecule is COCCOc1ncccc1CNC(=O)CSc1nnc(C)n1-c1ccc(OC)cc1. The largest absolute Gasteiger partial charge is 0.497 e. The van der Waals surface area contributed by atoms with E-state index in [0.717, 1.165) is 22.8 Å². The van der Waals surface area contributed by atoms with Crippen LogP contribution in [0.4, 0.5) is 0 Å². The maximum absolute atomic E-state index is 12.4. The van der Waals surface area contributed by atoms with Crippen LogP contribution in [-0.2, 0) is 16.1 Å². The van der Waals surface area contributed by atoms with Crippen molar-refractivity contribution >= 4 is 17.7 Å². The van der Waals surface area contributed by atoms with Crippen molar-refractivity contribution in [3.63, 3.8) is 0 Å². The molecule has 0 saturated carbocycles. The van der Waals surface area contributed by atoms with Gasteiger partial charge in [0.05, 0.1) is 19.5 Å². The van der Waals surface area contributed by atoms with E-state index >= 15 is 0 Å². The van der Waals surface area contributed by atoms with E-state index in [1.165, 1.54) is 11.8 Å². The molecule has 31 heavy (non-hydrogen) atoms. The summed E-state index contributed by atoms with van der Waals surface area (Å²) >= 11 is 1.32. The molecule has 2 heterocycles. The molecule has 0 radical (unpaired) electrons. The number of carbonyl (C=O) groups is 1. The molecule has 0 unspecified atom stereocenters. The van der Waals surface area contributed by atoms with Crippen LogP contribution in [0, 0.1) is 6.92 Å². The second kappa shape index (κ2) is 11.3. The van der Waals surface area contributed by atoms with Gasteiger partial charge in [0, 0.05) is 31.1 Å². The molecule has 1 aromatic carbocycles. The molecule has 1 amide bonds. The maximum Gasteiger partial charge on any atom is 0.230 e. The Morgan fingerprint density at radius 2 is 1.94 bits per heavy atom. The highest BCUT2D eigenvalue weighted by atomic mass is 32.2. The number of pyridine rings is 1. The minimum Gasteiger partial charge on any atom is -0.497 e. The van der Waals surface area contributed by atoms with Crippen molar-refractivity contribution in [2.24, 2.45) is 0 Å². The number of carbonyl (C=O) groups excluding carboxylic acids is 1. The Labute approximate surface area is 185 Å². The Kier molecular flexibility index (Phi) is 8.25. The number of hydrogen-bond donors (Lipinski definition) is 1. The second-order valence-corrected chi connectivity index (χ2v) is 7.38. The molecule has 0 aliphatic heterocycles. The van der Waals surface area contributed by atoms with Crippen LogP contribution in [0.1, 0.15) is 11.4 Å². The van der Waals surface area contributed by atoms with Gasteiger partial charge in [-0.2, -0.15) is 0 Å². The molecule has 0 aliphatic carbocycles. The van der Waals surface area contributed by atoms with E-state index in [1.807, 2.05) is 41.8 Å². The molecule has 10 heteroatoms. The Morgan fingerprint density at radius 1 is 1.13 bits per heavy atom. The van der Waals surface area contributed by atoms with Crippen molar-refractivity contribution in [2.75, 3.05) is 33.2 Å².